The summed E-state index contributed by atoms with van der Waals surface area (Å²) < 4.78 is 0. The lowest BCUT2D eigenvalue weighted by molar-refractivity contribution is -0.114. The summed E-state index contributed by atoms with van der Waals surface area (Å²) in [6.07, 6.45) is 1.65. The highest BCUT2D eigenvalue weighted by atomic mass is 32.2. The molecule has 0 saturated heterocycles. The molecule has 2 rings (SSSR count). The molecule has 0 aliphatic rings. The van der Waals surface area contributed by atoms with Crippen LogP contribution < -0.4 is 10.6 Å². The SMILES string of the molecule is Cc1ccc(NC(=O)CSCC(=O)Nc2cc(C)ccn2)cc1. The van der Waals surface area contributed by atoms with Crippen LogP contribution in [0, 0.1) is 13.8 Å². The second-order valence-corrected chi connectivity index (χ2v) is 6.16. The third kappa shape index (κ3) is 6.12. The molecule has 1 aromatic carbocycles. The Morgan fingerprint density at radius 2 is 1.61 bits per heavy atom. The smallest absolute Gasteiger partial charge is 0.235 e. The number of aromatic nitrogens is 1. The zero-order valence-electron chi connectivity index (χ0n) is 13.1. The van der Waals surface area contributed by atoms with Gasteiger partial charge in [0.1, 0.15) is 5.82 Å². The number of anilines is 2. The number of amides is 2. The molecule has 0 fully saturated rings. The number of nitrogens with one attached hydrogen (secondary N) is 2. The lowest BCUT2D eigenvalue weighted by Crippen LogP contribution is -2.18. The second kappa shape index (κ2) is 8.33. The van der Waals surface area contributed by atoms with Gasteiger partial charge in [0.2, 0.25) is 11.8 Å². The Balaban J connectivity index is 1.70. The average Bonchev–Trinajstić information content (AvgIpc) is 2.49. The molecule has 0 bridgehead atoms. The molecule has 1 heterocycles. The van der Waals surface area contributed by atoms with Crippen molar-refractivity contribution in [2.75, 3.05) is 22.1 Å². The van der Waals surface area contributed by atoms with Gasteiger partial charge in [-0.05, 0) is 43.7 Å². The summed E-state index contributed by atoms with van der Waals surface area (Å²) in [4.78, 5) is 27.7. The molecular formula is C17H19N3O2S. The number of carbonyl (C=O) groups is 2. The van der Waals surface area contributed by atoms with Crippen molar-refractivity contribution in [3.05, 3.63) is 53.7 Å². The molecule has 0 unspecified atom stereocenters. The van der Waals surface area contributed by atoms with Gasteiger partial charge in [0.15, 0.2) is 0 Å². The maximum Gasteiger partial charge on any atom is 0.235 e. The summed E-state index contributed by atoms with van der Waals surface area (Å²) in [5, 5.41) is 5.51. The fourth-order valence-corrected chi connectivity index (χ4v) is 2.47. The van der Waals surface area contributed by atoms with Crippen molar-refractivity contribution < 1.29 is 9.59 Å². The molecule has 0 aliphatic heterocycles. The van der Waals surface area contributed by atoms with E-state index in [1.165, 1.54) is 11.8 Å². The van der Waals surface area contributed by atoms with E-state index in [-0.39, 0.29) is 23.3 Å². The second-order valence-electron chi connectivity index (χ2n) is 5.17. The molecule has 5 nitrogen and oxygen atoms in total. The van der Waals surface area contributed by atoms with Gasteiger partial charge in [-0.2, -0.15) is 0 Å². The average molecular weight is 329 g/mol. The molecule has 0 saturated carbocycles. The largest absolute Gasteiger partial charge is 0.325 e. The molecule has 2 N–H and O–H groups in total. The summed E-state index contributed by atoms with van der Waals surface area (Å²) in [6.45, 7) is 3.92. The highest BCUT2D eigenvalue weighted by Gasteiger charge is 2.07. The molecular weight excluding hydrogens is 310 g/mol. The van der Waals surface area contributed by atoms with Crippen LogP contribution in [0.5, 0.6) is 0 Å². The van der Waals surface area contributed by atoms with Crippen LogP contribution in [0.1, 0.15) is 11.1 Å². The van der Waals surface area contributed by atoms with Gasteiger partial charge in [-0.25, -0.2) is 4.98 Å². The van der Waals surface area contributed by atoms with Crippen LogP contribution in [-0.4, -0.2) is 28.3 Å². The van der Waals surface area contributed by atoms with Crippen LogP contribution >= 0.6 is 11.8 Å². The first-order chi connectivity index (χ1) is 11.0. The fourth-order valence-electron chi connectivity index (χ4n) is 1.85. The lowest BCUT2D eigenvalue weighted by Gasteiger charge is -2.06. The summed E-state index contributed by atoms with van der Waals surface area (Å²) >= 11 is 1.26. The minimum absolute atomic E-state index is 0.125. The third-order valence-electron chi connectivity index (χ3n) is 2.98. The standard InChI is InChI=1S/C17H19N3O2S/c1-12-3-5-14(6-4-12)19-16(21)10-23-11-17(22)20-15-9-13(2)7-8-18-15/h3-9H,10-11H2,1-2H3,(H,19,21)(H,18,20,22). The normalized spacial score (nSPS) is 10.2. The van der Waals surface area contributed by atoms with E-state index in [1.807, 2.05) is 44.2 Å². The number of benzene rings is 1. The Labute approximate surface area is 139 Å². The summed E-state index contributed by atoms with van der Waals surface area (Å²) in [7, 11) is 0. The Bertz CT molecular complexity index is 686. The molecule has 0 spiro atoms. The molecule has 2 aromatic rings. The van der Waals surface area contributed by atoms with E-state index in [0.717, 1.165) is 16.8 Å². The van der Waals surface area contributed by atoms with E-state index >= 15 is 0 Å². The summed E-state index contributed by atoms with van der Waals surface area (Å²) in [6, 6.07) is 11.2. The molecule has 0 aliphatic carbocycles. The quantitative estimate of drug-likeness (QED) is 0.854. The number of carbonyl (C=O) groups excluding carboxylic acids is 2. The predicted molar refractivity (Wildman–Crippen MR) is 94.7 cm³/mol. The number of hydrogen-bond donors (Lipinski definition) is 2. The fraction of sp³-hybridized carbons (Fsp3) is 0.235. The van der Waals surface area contributed by atoms with Gasteiger partial charge in [-0.3, -0.25) is 9.59 Å². The van der Waals surface area contributed by atoms with Crippen LogP contribution in [0.2, 0.25) is 0 Å². The minimum Gasteiger partial charge on any atom is -0.325 e. The monoisotopic (exact) mass is 329 g/mol. The highest BCUT2D eigenvalue weighted by molar-refractivity contribution is 8.00. The van der Waals surface area contributed by atoms with Gasteiger partial charge in [-0.1, -0.05) is 17.7 Å². The number of rotatable bonds is 6. The first-order valence-electron chi connectivity index (χ1n) is 7.20. The van der Waals surface area contributed by atoms with Crippen molar-refractivity contribution in [3.63, 3.8) is 0 Å². The molecule has 120 valence electrons. The van der Waals surface area contributed by atoms with Crippen LogP contribution in [-0.2, 0) is 9.59 Å². The first-order valence-corrected chi connectivity index (χ1v) is 8.35. The van der Waals surface area contributed by atoms with E-state index in [1.54, 1.807) is 12.3 Å². The van der Waals surface area contributed by atoms with Gasteiger partial charge in [-0.15, -0.1) is 11.8 Å². The van der Waals surface area contributed by atoms with E-state index in [0.29, 0.717) is 5.82 Å². The summed E-state index contributed by atoms with van der Waals surface area (Å²) in [5.41, 5.74) is 2.92. The third-order valence-corrected chi connectivity index (χ3v) is 3.92. The van der Waals surface area contributed by atoms with Crippen LogP contribution in [0.15, 0.2) is 42.6 Å². The molecule has 0 atom stereocenters. The van der Waals surface area contributed by atoms with E-state index in [2.05, 4.69) is 15.6 Å². The lowest BCUT2D eigenvalue weighted by atomic mass is 10.2. The van der Waals surface area contributed by atoms with E-state index in [9.17, 15) is 9.59 Å². The molecule has 6 heteroatoms. The van der Waals surface area contributed by atoms with Gasteiger partial charge in [0.05, 0.1) is 11.5 Å². The van der Waals surface area contributed by atoms with Gasteiger partial charge < -0.3 is 10.6 Å². The molecule has 0 radical (unpaired) electrons. The number of hydrogen-bond acceptors (Lipinski definition) is 4. The van der Waals surface area contributed by atoms with Gasteiger partial charge in [0, 0.05) is 11.9 Å². The molecule has 2 amide bonds. The van der Waals surface area contributed by atoms with Crippen molar-refractivity contribution in [2.24, 2.45) is 0 Å². The van der Waals surface area contributed by atoms with Crippen molar-refractivity contribution in [1.29, 1.82) is 0 Å². The maximum absolute atomic E-state index is 11.8. The zero-order valence-corrected chi connectivity index (χ0v) is 13.9. The van der Waals surface area contributed by atoms with Gasteiger partial charge in [0.25, 0.3) is 0 Å². The minimum atomic E-state index is -0.170. The van der Waals surface area contributed by atoms with Crippen LogP contribution in [0.4, 0.5) is 11.5 Å². The Kier molecular flexibility index (Phi) is 6.17. The van der Waals surface area contributed by atoms with Crippen molar-refractivity contribution in [1.82, 2.24) is 4.98 Å². The number of pyridine rings is 1. The van der Waals surface area contributed by atoms with Crippen molar-refractivity contribution in [2.45, 2.75) is 13.8 Å². The highest BCUT2D eigenvalue weighted by Crippen LogP contribution is 2.10. The number of aryl methyl sites for hydroxylation is 2. The van der Waals surface area contributed by atoms with E-state index < -0.39 is 0 Å². The van der Waals surface area contributed by atoms with Gasteiger partial charge >= 0.3 is 0 Å². The Morgan fingerprint density at radius 1 is 0.957 bits per heavy atom. The van der Waals surface area contributed by atoms with Crippen LogP contribution in [0.3, 0.4) is 0 Å². The van der Waals surface area contributed by atoms with Crippen molar-refractivity contribution >= 4 is 35.1 Å². The topological polar surface area (TPSA) is 71.1 Å². The van der Waals surface area contributed by atoms with Crippen molar-refractivity contribution in [3.8, 4) is 0 Å². The number of thioether (sulfide) groups is 1. The Morgan fingerprint density at radius 3 is 2.26 bits per heavy atom. The van der Waals surface area contributed by atoms with E-state index in [4.69, 9.17) is 0 Å². The Hall–Kier alpha value is -2.34. The zero-order chi connectivity index (χ0) is 16.7. The summed E-state index contributed by atoms with van der Waals surface area (Å²) in [5.74, 6) is 0.663. The molecule has 23 heavy (non-hydrogen) atoms. The number of nitrogens with zero attached hydrogens (tertiary/aromatic N) is 1. The molecule has 1 aromatic heterocycles. The predicted octanol–water partition coefficient (Wildman–Crippen LogP) is 3.01. The first kappa shape index (κ1) is 17.0. The van der Waals surface area contributed by atoms with Crippen LogP contribution in [0.25, 0.3) is 0 Å². The maximum atomic E-state index is 11.8.